The molecule has 2 atom stereocenters. The molecule has 1 saturated heterocycles. The zero-order chi connectivity index (χ0) is 11.5. The number of benzene rings is 1. The molecule has 2 rings (SSSR count). The summed E-state index contributed by atoms with van der Waals surface area (Å²) >= 11 is 2.00. The van der Waals surface area contributed by atoms with E-state index < -0.39 is 0 Å². The molecule has 2 unspecified atom stereocenters. The van der Waals surface area contributed by atoms with Gasteiger partial charge >= 0.3 is 0 Å². The number of hydrogen-bond donors (Lipinski definition) is 1. The summed E-state index contributed by atoms with van der Waals surface area (Å²) in [4.78, 5) is 0. The van der Waals surface area contributed by atoms with Crippen molar-refractivity contribution >= 4 is 11.8 Å². The van der Waals surface area contributed by atoms with Gasteiger partial charge in [-0.15, -0.1) is 0 Å². The lowest BCUT2D eigenvalue weighted by molar-refractivity contribution is 0.405. The highest BCUT2D eigenvalue weighted by Crippen LogP contribution is 2.46. The van der Waals surface area contributed by atoms with Crippen molar-refractivity contribution in [2.75, 3.05) is 19.9 Å². The fourth-order valence-electron chi connectivity index (χ4n) is 2.06. The highest BCUT2D eigenvalue weighted by atomic mass is 32.2. The van der Waals surface area contributed by atoms with Crippen molar-refractivity contribution in [3.63, 3.8) is 0 Å². The third-order valence-electron chi connectivity index (χ3n) is 3.20. The average molecular weight is 237 g/mol. The molecule has 1 fully saturated rings. The lowest BCUT2D eigenvalue weighted by atomic mass is 10.0. The van der Waals surface area contributed by atoms with Crippen molar-refractivity contribution in [1.82, 2.24) is 5.32 Å². The van der Waals surface area contributed by atoms with Gasteiger partial charge in [0.1, 0.15) is 5.75 Å². The van der Waals surface area contributed by atoms with E-state index >= 15 is 0 Å². The standard InChI is InChI=1S/C13H19NOS/c1-4-9-5-6-12(15-3)10(7-9)13-11(14-2)8-16-13/h5-7,11,13-14H,4,8H2,1-3H3. The zero-order valence-electron chi connectivity index (χ0n) is 10.1. The van der Waals surface area contributed by atoms with Gasteiger partial charge in [-0.2, -0.15) is 11.8 Å². The number of nitrogens with one attached hydrogen (secondary N) is 1. The first-order valence-corrected chi connectivity index (χ1v) is 6.80. The van der Waals surface area contributed by atoms with Gasteiger partial charge in [-0.05, 0) is 25.1 Å². The minimum absolute atomic E-state index is 0.548. The summed E-state index contributed by atoms with van der Waals surface area (Å²) in [6.45, 7) is 2.19. The second-order valence-electron chi connectivity index (χ2n) is 4.08. The maximum Gasteiger partial charge on any atom is 0.123 e. The highest BCUT2D eigenvalue weighted by molar-refractivity contribution is 8.01. The van der Waals surface area contributed by atoms with Crippen molar-refractivity contribution in [3.05, 3.63) is 29.3 Å². The Hall–Kier alpha value is -0.670. The van der Waals surface area contributed by atoms with Crippen LogP contribution in [0.3, 0.4) is 0 Å². The van der Waals surface area contributed by atoms with Crippen molar-refractivity contribution in [1.29, 1.82) is 0 Å². The maximum absolute atomic E-state index is 5.45. The molecule has 0 saturated carbocycles. The van der Waals surface area contributed by atoms with Gasteiger partial charge in [0.25, 0.3) is 0 Å². The Morgan fingerprint density at radius 3 is 2.81 bits per heavy atom. The van der Waals surface area contributed by atoms with Crippen LogP contribution in [0.25, 0.3) is 0 Å². The van der Waals surface area contributed by atoms with Crippen molar-refractivity contribution < 1.29 is 4.74 Å². The lowest BCUT2D eigenvalue weighted by Gasteiger charge is -2.36. The first kappa shape index (κ1) is 11.8. The molecule has 0 radical (unpaired) electrons. The fourth-order valence-corrected chi connectivity index (χ4v) is 3.30. The van der Waals surface area contributed by atoms with E-state index in [4.69, 9.17) is 4.74 Å². The van der Waals surface area contributed by atoms with Gasteiger partial charge in [0.2, 0.25) is 0 Å². The van der Waals surface area contributed by atoms with Crippen LogP contribution in [-0.4, -0.2) is 26.0 Å². The molecule has 0 aromatic heterocycles. The molecule has 1 N–H and O–H groups in total. The number of hydrogen-bond acceptors (Lipinski definition) is 3. The first-order valence-electron chi connectivity index (χ1n) is 5.75. The van der Waals surface area contributed by atoms with Gasteiger partial charge < -0.3 is 10.1 Å². The third kappa shape index (κ3) is 2.06. The van der Waals surface area contributed by atoms with E-state index in [1.807, 2.05) is 18.8 Å². The highest BCUT2D eigenvalue weighted by Gasteiger charge is 2.33. The molecule has 0 spiro atoms. The molecule has 16 heavy (non-hydrogen) atoms. The summed E-state index contributed by atoms with van der Waals surface area (Å²) in [6.07, 6.45) is 1.08. The second-order valence-corrected chi connectivity index (χ2v) is 5.25. The monoisotopic (exact) mass is 237 g/mol. The smallest absolute Gasteiger partial charge is 0.123 e. The Morgan fingerprint density at radius 1 is 1.50 bits per heavy atom. The molecular formula is C13H19NOS. The minimum Gasteiger partial charge on any atom is -0.496 e. The summed E-state index contributed by atoms with van der Waals surface area (Å²) in [5.41, 5.74) is 2.73. The molecule has 3 heteroatoms. The Bertz CT molecular complexity index is 365. The Balaban J connectivity index is 2.29. The molecule has 88 valence electrons. The van der Waals surface area contributed by atoms with Crippen LogP contribution < -0.4 is 10.1 Å². The number of aryl methyl sites for hydroxylation is 1. The van der Waals surface area contributed by atoms with Crippen molar-refractivity contribution in [3.8, 4) is 5.75 Å². The molecule has 1 aromatic rings. The lowest BCUT2D eigenvalue weighted by Crippen LogP contribution is -2.40. The van der Waals surface area contributed by atoms with Crippen LogP contribution in [0.4, 0.5) is 0 Å². The molecule has 1 heterocycles. The van der Waals surface area contributed by atoms with E-state index in [-0.39, 0.29) is 0 Å². The number of rotatable bonds is 4. The predicted octanol–water partition coefficient (Wildman–Crippen LogP) is 2.63. The van der Waals surface area contributed by atoms with Gasteiger partial charge in [0, 0.05) is 22.6 Å². The van der Waals surface area contributed by atoms with E-state index in [9.17, 15) is 0 Å². The van der Waals surface area contributed by atoms with Gasteiger partial charge in [-0.1, -0.05) is 19.1 Å². The molecule has 0 amide bonds. The quantitative estimate of drug-likeness (QED) is 0.870. The van der Waals surface area contributed by atoms with Gasteiger partial charge in [0.15, 0.2) is 0 Å². The van der Waals surface area contributed by atoms with Crippen LogP contribution in [0.5, 0.6) is 5.75 Å². The topological polar surface area (TPSA) is 21.3 Å². The van der Waals surface area contributed by atoms with Crippen molar-refractivity contribution in [2.24, 2.45) is 0 Å². The van der Waals surface area contributed by atoms with Crippen LogP contribution in [0.1, 0.15) is 23.3 Å². The van der Waals surface area contributed by atoms with Gasteiger partial charge in [-0.3, -0.25) is 0 Å². The minimum atomic E-state index is 0.548. The Labute approximate surface area is 102 Å². The number of thioether (sulfide) groups is 1. The van der Waals surface area contributed by atoms with Crippen LogP contribution >= 0.6 is 11.8 Å². The van der Waals surface area contributed by atoms with Crippen LogP contribution in [0.2, 0.25) is 0 Å². The normalized spacial score (nSPS) is 23.9. The van der Waals surface area contributed by atoms with E-state index in [2.05, 4.69) is 30.4 Å². The molecule has 0 aliphatic carbocycles. The molecule has 2 nitrogen and oxygen atoms in total. The van der Waals surface area contributed by atoms with Crippen LogP contribution in [-0.2, 0) is 6.42 Å². The summed E-state index contributed by atoms with van der Waals surface area (Å²) in [5.74, 6) is 2.22. The Kier molecular flexibility index (Phi) is 3.77. The predicted molar refractivity (Wildman–Crippen MR) is 70.4 cm³/mol. The SMILES string of the molecule is CCc1ccc(OC)c(C2SCC2NC)c1. The molecule has 1 aromatic carbocycles. The summed E-state index contributed by atoms with van der Waals surface area (Å²) in [7, 11) is 3.79. The van der Waals surface area contributed by atoms with E-state index in [1.54, 1.807) is 7.11 Å². The van der Waals surface area contributed by atoms with E-state index in [0.717, 1.165) is 12.2 Å². The second kappa shape index (κ2) is 5.11. The number of ether oxygens (including phenoxy) is 1. The number of methoxy groups -OCH3 is 1. The zero-order valence-corrected chi connectivity index (χ0v) is 10.9. The largest absolute Gasteiger partial charge is 0.496 e. The van der Waals surface area contributed by atoms with Crippen molar-refractivity contribution in [2.45, 2.75) is 24.6 Å². The summed E-state index contributed by atoms with van der Waals surface area (Å²) in [6, 6.07) is 7.13. The van der Waals surface area contributed by atoms with E-state index in [1.165, 1.54) is 16.9 Å². The fraction of sp³-hybridized carbons (Fsp3) is 0.538. The molecular weight excluding hydrogens is 218 g/mol. The molecule has 1 aliphatic heterocycles. The van der Waals surface area contributed by atoms with E-state index in [0.29, 0.717) is 11.3 Å². The Morgan fingerprint density at radius 2 is 2.31 bits per heavy atom. The molecule has 1 aliphatic rings. The molecule has 0 bridgehead atoms. The average Bonchev–Trinajstić information content (AvgIpc) is 2.28. The first-order chi connectivity index (χ1) is 7.80. The maximum atomic E-state index is 5.45. The van der Waals surface area contributed by atoms with Gasteiger partial charge in [-0.25, -0.2) is 0 Å². The number of likely N-dealkylation sites (N-methyl/N-ethyl adjacent to an activating group) is 1. The third-order valence-corrected chi connectivity index (χ3v) is 4.69. The van der Waals surface area contributed by atoms with Crippen LogP contribution in [0, 0.1) is 0 Å². The van der Waals surface area contributed by atoms with Crippen LogP contribution in [0.15, 0.2) is 18.2 Å². The summed E-state index contributed by atoms with van der Waals surface area (Å²) in [5, 5.41) is 3.91. The van der Waals surface area contributed by atoms with Gasteiger partial charge in [0.05, 0.1) is 7.11 Å². The summed E-state index contributed by atoms with van der Waals surface area (Å²) < 4.78 is 5.45.